The molecule has 0 saturated heterocycles. The number of benzene rings is 2. The zero-order valence-corrected chi connectivity index (χ0v) is 20.5. The first kappa shape index (κ1) is 26.8. The van der Waals surface area contributed by atoms with Gasteiger partial charge in [0.15, 0.2) is 0 Å². The number of methoxy groups -OCH3 is 1. The minimum Gasteiger partial charge on any atom is -0.497 e. The van der Waals surface area contributed by atoms with Crippen molar-refractivity contribution in [2.24, 2.45) is 5.92 Å². The molecule has 1 amide bonds. The van der Waals surface area contributed by atoms with Gasteiger partial charge in [-0.05, 0) is 48.2 Å². The zero-order chi connectivity index (χ0) is 24.3. The number of carbonyl (C=O) groups is 1. The van der Waals surface area contributed by atoms with E-state index in [9.17, 15) is 13.2 Å². The SMILES string of the molecule is CCOCCOCc1cccc(CNC(=O)[C@@H](NS(=O)(=O)c2ccc(OC)cc2)C(C)C)c1. The molecule has 0 aromatic heterocycles. The molecule has 0 radical (unpaired) electrons. The van der Waals surface area contributed by atoms with Gasteiger partial charge in [0.05, 0.1) is 31.8 Å². The summed E-state index contributed by atoms with van der Waals surface area (Å²) in [6.45, 7) is 7.97. The van der Waals surface area contributed by atoms with Crippen molar-refractivity contribution in [1.29, 1.82) is 0 Å². The van der Waals surface area contributed by atoms with Crippen LogP contribution in [0.2, 0.25) is 0 Å². The summed E-state index contributed by atoms with van der Waals surface area (Å²) < 4.78 is 44.0. The first-order valence-electron chi connectivity index (χ1n) is 10.9. The lowest BCUT2D eigenvalue weighted by molar-refractivity contribution is -0.123. The minimum atomic E-state index is -3.87. The maximum atomic E-state index is 12.8. The van der Waals surface area contributed by atoms with Crippen LogP contribution in [0.25, 0.3) is 0 Å². The Hall–Kier alpha value is -2.46. The van der Waals surface area contributed by atoms with Gasteiger partial charge in [0, 0.05) is 13.2 Å². The summed E-state index contributed by atoms with van der Waals surface area (Å²) in [6.07, 6.45) is 0. The summed E-state index contributed by atoms with van der Waals surface area (Å²) >= 11 is 0. The van der Waals surface area contributed by atoms with Crippen LogP contribution in [0.1, 0.15) is 31.9 Å². The van der Waals surface area contributed by atoms with Gasteiger partial charge in [-0.3, -0.25) is 4.79 Å². The normalized spacial score (nSPS) is 12.5. The summed E-state index contributed by atoms with van der Waals surface area (Å²) in [7, 11) is -2.37. The fourth-order valence-electron chi connectivity index (χ4n) is 3.06. The highest BCUT2D eigenvalue weighted by Gasteiger charge is 2.28. The van der Waals surface area contributed by atoms with Crippen LogP contribution in [0.3, 0.4) is 0 Å². The lowest BCUT2D eigenvalue weighted by Crippen LogP contribution is -2.49. The maximum absolute atomic E-state index is 12.8. The molecule has 0 spiro atoms. The molecule has 0 aliphatic heterocycles. The first-order chi connectivity index (χ1) is 15.8. The smallest absolute Gasteiger partial charge is 0.241 e. The van der Waals surface area contributed by atoms with Gasteiger partial charge in [0.25, 0.3) is 0 Å². The second kappa shape index (κ2) is 13.3. The molecule has 0 unspecified atom stereocenters. The van der Waals surface area contributed by atoms with Crippen molar-refractivity contribution in [2.75, 3.05) is 26.9 Å². The molecular formula is C24H34N2O6S. The van der Waals surface area contributed by atoms with E-state index in [1.54, 1.807) is 26.0 Å². The number of ether oxygens (including phenoxy) is 3. The average molecular weight is 479 g/mol. The minimum absolute atomic E-state index is 0.0683. The molecule has 182 valence electrons. The molecule has 2 aromatic rings. The summed E-state index contributed by atoms with van der Waals surface area (Å²) in [6, 6.07) is 12.8. The average Bonchev–Trinajstić information content (AvgIpc) is 2.81. The van der Waals surface area contributed by atoms with Gasteiger partial charge < -0.3 is 19.5 Å². The van der Waals surface area contributed by atoms with Crippen molar-refractivity contribution in [3.63, 3.8) is 0 Å². The monoisotopic (exact) mass is 478 g/mol. The number of amides is 1. The Bertz CT molecular complexity index is 977. The van der Waals surface area contributed by atoms with Crippen LogP contribution in [0.5, 0.6) is 5.75 Å². The van der Waals surface area contributed by atoms with E-state index >= 15 is 0 Å². The Balaban J connectivity index is 1.96. The highest BCUT2D eigenvalue weighted by atomic mass is 32.2. The highest BCUT2D eigenvalue weighted by molar-refractivity contribution is 7.89. The Morgan fingerprint density at radius 1 is 1.00 bits per heavy atom. The van der Waals surface area contributed by atoms with E-state index in [2.05, 4.69) is 10.0 Å². The second-order valence-corrected chi connectivity index (χ2v) is 9.52. The Labute approximate surface area is 196 Å². The standard InChI is InChI=1S/C24H34N2O6S/c1-5-31-13-14-32-17-20-8-6-7-19(15-20)16-25-24(27)23(18(2)3)26-33(28,29)22-11-9-21(30-4)10-12-22/h6-12,15,18,23,26H,5,13-14,16-17H2,1-4H3,(H,25,27)/t23-/m0/s1. The van der Waals surface area contributed by atoms with Gasteiger partial charge in [-0.15, -0.1) is 0 Å². The zero-order valence-electron chi connectivity index (χ0n) is 19.7. The molecule has 2 N–H and O–H groups in total. The van der Waals surface area contributed by atoms with Gasteiger partial charge in [-0.1, -0.05) is 38.1 Å². The molecule has 0 saturated carbocycles. The van der Waals surface area contributed by atoms with E-state index in [0.717, 1.165) is 11.1 Å². The number of rotatable bonds is 14. The van der Waals surface area contributed by atoms with Gasteiger partial charge in [0.2, 0.25) is 15.9 Å². The predicted molar refractivity (Wildman–Crippen MR) is 126 cm³/mol. The molecular weight excluding hydrogens is 444 g/mol. The van der Waals surface area contributed by atoms with Crippen molar-refractivity contribution in [3.8, 4) is 5.75 Å². The molecule has 0 aliphatic rings. The summed E-state index contributed by atoms with van der Waals surface area (Å²) in [5, 5.41) is 2.84. The van der Waals surface area contributed by atoms with Crippen LogP contribution in [-0.4, -0.2) is 47.3 Å². The van der Waals surface area contributed by atoms with Gasteiger partial charge in [-0.2, -0.15) is 4.72 Å². The molecule has 2 rings (SSSR count). The van der Waals surface area contributed by atoms with Gasteiger partial charge in [-0.25, -0.2) is 8.42 Å². The summed E-state index contributed by atoms with van der Waals surface area (Å²) in [4.78, 5) is 12.9. The van der Waals surface area contributed by atoms with Crippen molar-refractivity contribution < 1.29 is 27.4 Å². The van der Waals surface area contributed by atoms with Crippen LogP contribution >= 0.6 is 0 Å². The Morgan fingerprint density at radius 2 is 1.67 bits per heavy atom. The maximum Gasteiger partial charge on any atom is 0.241 e. The summed E-state index contributed by atoms with van der Waals surface area (Å²) in [5.74, 6) is -0.0856. The van der Waals surface area contributed by atoms with E-state index in [4.69, 9.17) is 14.2 Å². The van der Waals surface area contributed by atoms with E-state index in [-0.39, 0.29) is 23.3 Å². The molecule has 1 atom stereocenters. The number of carbonyl (C=O) groups excluding carboxylic acids is 1. The van der Waals surface area contributed by atoms with Crippen molar-refractivity contribution in [1.82, 2.24) is 10.0 Å². The topological polar surface area (TPSA) is 103 Å². The quantitative estimate of drug-likeness (QED) is 0.405. The first-order valence-corrected chi connectivity index (χ1v) is 12.4. The van der Waals surface area contributed by atoms with E-state index in [1.165, 1.54) is 19.2 Å². The molecule has 9 heteroatoms. The molecule has 8 nitrogen and oxygen atoms in total. The number of hydrogen-bond donors (Lipinski definition) is 2. The number of hydrogen-bond acceptors (Lipinski definition) is 6. The van der Waals surface area contributed by atoms with Crippen molar-refractivity contribution in [2.45, 2.75) is 44.9 Å². The lowest BCUT2D eigenvalue weighted by Gasteiger charge is -2.22. The largest absolute Gasteiger partial charge is 0.497 e. The van der Waals surface area contributed by atoms with Crippen LogP contribution in [-0.2, 0) is 37.4 Å². The third-order valence-corrected chi connectivity index (χ3v) is 6.36. The molecule has 0 aliphatic carbocycles. The second-order valence-electron chi connectivity index (χ2n) is 7.81. The van der Waals surface area contributed by atoms with Gasteiger partial charge in [0.1, 0.15) is 11.8 Å². The fourth-order valence-corrected chi connectivity index (χ4v) is 4.41. The third kappa shape index (κ3) is 8.77. The molecule has 0 bridgehead atoms. The van der Waals surface area contributed by atoms with Gasteiger partial charge >= 0.3 is 0 Å². The predicted octanol–water partition coefficient (Wildman–Crippen LogP) is 2.87. The Kier molecular flexibility index (Phi) is 10.8. The van der Waals surface area contributed by atoms with Crippen molar-refractivity contribution in [3.05, 3.63) is 59.7 Å². The molecule has 0 heterocycles. The van der Waals surface area contributed by atoms with E-state index in [1.807, 2.05) is 31.2 Å². The third-order valence-electron chi connectivity index (χ3n) is 4.90. The van der Waals surface area contributed by atoms with Crippen molar-refractivity contribution >= 4 is 15.9 Å². The van der Waals surface area contributed by atoms with Crippen LogP contribution < -0.4 is 14.8 Å². The molecule has 2 aromatic carbocycles. The van der Waals surface area contributed by atoms with E-state index < -0.39 is 16.1 Å². The molecule has 33 heavy (non-hydrogen) atoms. The summed E-state index contributed by atoms with van der Waals surface area (Å²) in [5.41, 5.74) is 1.88. The number of sulfonamides is 1. The Morgan fingerprint density at radius 3 is 2.30 bits per heavy atom. The van der Waals surface area contributed by atoms with Crippen LogP contribution in [0, 0.1) is 5.92 Å². The number of nitrogens with one attached hydrogen (secondary N) is 2. The molecule has 0 fully saturated rings. The fraction of sp³-hybridized carbons (Fsp3) is 0.458. The van der Waals surface area contributed by atoms with Crippen LogP contribution in [0.4, 0.5) is 0 Å². The highest BCUT2D eigenvalue weighted by Crippen LogP contribution is 2.17. The van der Waals surface area contributed by atoms with E-state index in [0.29, 0.717) is 32.2 Å². The lowest BCUT2D eigenvalue weighted by atomic mass is 10.0. The van der Waals surface area contributed by atoms with Crippen LogP contribution in [0.15, 0.2) is 53.4 Å².